The number of ether oxygens (including phenoxy) is 1. The summed E-state index contributed by atoms with van der Waals surface area (Å²) in [7, 11) is 6.13. The van der Waals surface area contributed by atoms with Crippen LogP contribution in [0.1, 0.15) is 18.4 Å². The highest BCUT2D eigenvalue weighted by Gasteiger charge is 2.34. The number of hydrogen-bond acceptors (Lipinski definition) is 3. The Kier molecular flexibility index (Phi) is 4.25. The maximum Gasteiger partial charge on any atom is 0.119 e. The van der Waals surface area contributed by atoms with Gasteiger partial charge in [0.1, 0.15) is 5.75 Å². The molecule has 3 nitrogen and oxygen atoms in total. The first-order valence-corrected chi connectivity index (χ1v) is 6.67. The van der Waals surface area contributed by atoms with E-state index in [4.69, 9.17) is 4.74 Å². The molecule has 1 fully saturated rings. The third kappa shape index (κ3) is 2.85. The van der Waals surface area contributed by atoms with Crippen molar-refractivity contribution in [3.8, 4) is 5.75 Å². The van der Waals surface area contributed by atoms with Crippen molar-refractivity contribution in [2.75, 3.05) is 34.3 Å². The monoisotopic (exact) mass is 248 g/mol. The molecule has 0 radical (unpaired) electrons. The van der Waals surface area contributed by atoms with Gasteiger partial charge in [-0.3, -0.25) is 0 Å². The van der Waals surface area contributed by atoms with Crippen molar-refractivity contribution in [1.82, 2.24) is 10.2 Å². The molecule has 1 aliphatic rings. The molecule has 0 atom stereocenters. The first kappa shape index (κ1) is 13.4. The smallest absolute Gasteiger partial charge is 0.119 e. The van der Waals surface area contributed by atoms with E-state index in [0.29, 0.717) is 0 Å². The largest absolute Gasteiger partial charge is 0.497 e. The zero-order valence-electron chi connectivity index (χ0n) is 11.7. The van der Waals surface area contributed by atoms with Gasteiger partial charge in [0.15, 0.2) is 0 Å². The minimum absolute atomic E-state index is 0.289. The SMILES string of the molecule is COc1cccc(CC2(N(C)C)CCNCC2)c1. The summed E-state index contributed by atoms with van der Waals surface area (Å²) in [6.45, 7) is 2.23. The van der Waals surface area contributed by atoms with Crippen molar-refractivity contribution in [2.24, 2.45) is 0 Å². The molecule has 3 heteroatoms. The molecule has 1 heterocycles. The summed E-state index contributed by atoms with van der Waals surface area (Å²) in [5.41, 5.74) is 1.65. The van der Waals surface area contributed by atoms with E-state index in [2.05, 4.69) is 42.5 Å². The lowest BCUT2D eigenvalue weighted by Gasteiger charge is -2.43. The van der Waals surface area contributed by atoms with Crippen LogP contribution in [0.15, 0.2) is 24.3 Å². The average Bonchev–Trinajstić information content (AvgIpc) is 2.40. The Balaban J connectivity index is 2.17. The lowest BCUT2D eigenvalue weighted by atomic mass is 9.81. The van der Waals surface area contributed by atoms with Crippen LogP contribution >= 0.6 is 0 Å². The zero-order valence-corrected chi connectivity index (χ0v) is 11.7. The predicted molar refractivity (Wildman–Crippen MR) is 75.2 cm³/mol. The molecule has 0 spiro atoms. The maximum absolute atomic E-state index is 5.31. The Morgan fingerprint density at radius 2 is 2.00 bits per heavy atom. The Hall–Kier alpha value is -1.06. The van der Waals surface area contributed by atoms with Gasteiger partial charge in [-0.15, -0.1) is 0 Å². The Bertz CT molecular complexity index is 384. The molecule has 18 heavy (non-hydrogen) atoms. The van der Waals surface area contributed by atoms with Crippen LogP contribution in [0.5, 0.6) is 5.75 Å². The van der Waals surface area contributed by atoms with E-state index in [0.717, 1.165) is 25.3 Å². The first-order valence-electron chi connectivity index (χ1n) is 6.67. The zero-order chi connectivity index (χ0) is 13.0. The number of benzene rings is 1. The van der Waals surface area contributed by atoms with Gasteiger partial charge < -0.3 is 15.0 Å². The van der Waals surface area contributed by atoms with Crippen LogP contribution in [0.4, 0.5) is 0 Å². The molecule has 0 bridgehead atoms. The van der Waals surface area contributed by atoms with Crippen LogP contribution in [0.25, 0.3) is 0 Å². The second-order valence-electron chi connectivity index (χ2n) is 5.40. The van der Waals surface area contributed by atoms with E-state index in [1.165, 1.54) is 18.4 Å². The lowest BCUT2D eigenvalue weighted by molar-refractivity contribution is 0.108. The maximum atomic E-state index is 5.31. The second-order valence-corrected chi connectivity index (χ2v) is 5.40. The Morgan fingerprint density at radius 3 is 2.61 bits per heavy atom. The molecule has 0 amide bonds. The lowest BCUT2D eigenvalue weighted by Crippen LogP contribution is -2.53. The molecule has 0 aliphatic carbocycles. The number of nitrogens with zero attached hydrogens (tertiary/aromatic N) is 1. The molecule has 100 valence electrons. The quantitative estimate of drug-likeness (QED) is 0.881. The van der Waals surface area contributed by atoms with Gasteiger partial charge in [0.25, 0.3) is 0 Å². The number of hydrogen-bond donors (Lipinski definition) is 1. The molecular formula is C15H24N2O. The third-order valence-corrected chi connectivity index (χ3v) is 4.15. The molecule has 0 unspecified atom stereocenters. The van der Waals surface area contributed by atoms with Gasteiger partial charge in [-0.05, 0) is 64.1 Å². The van der Waals surface area contributed by atoms with Gasteiger partial charge in [-0.2, -0.15) is 0 Å². The molecule has 1 aromatic rings. The number of likely N-dealkylation sites (N-methyl/N-ethyl adjacent to an activating group) is 1. The molecular weight excluding hydrogens is 224 g/mol. The summed E-state index contributed by atoms with van der Waals surface area (Å²) < 4.78 is 5.31. The van der Waals surface area contributed by atoms with Gasteiger partial charge >= 0.3 is 0 Å². The van der Waals surface area contributed by atoms with E-state index in [1.807, 2.05) is 6.07 Å². The van der Waals surface area contributed by atoms with E-state index in [9.17, 15) is 0 Å². The van der Waals surface area contributed by atoms with Crippen LogP contribution in [0.3, 0.4) is 0 Å². The van der Waals surface area contributed by atoms with Gasteiger partial charge in [-0.25, -0.2) is 0 Å². The summed E-state index contributed by atoms with van der Waals surface area (Å²) in [6.07, 6.45) is 3.51. The highest BCUT2D eigenvalue weighted by Crippen LogP contribution is 2.29. The van der Waals surface area contributed by atoms with Crippen molar-refractivity contribution in [1.29, 1.82) is 0 Å². The number of piperidine rings is 1. The minimum Gasteiger partial charge on any atom is -0.497 e. The summed E-state index contributed by atoms with van der Waals surface area (Å²) in [5.74, 6) is 0.954. The average molecular weight is 248 g/mol. The molecule has 0 saturated carbocycles. The first-order chi connectivity index (χ1) is 8.66. The van der Waals surface area contributed by atoms with Gasteiger partial charge in [0.05, 0.1) is 7.11 Å². The van der Waals surface area contributed by atoms with Crippen molar-refractivity contribution >= 4 is 0 Å². The van der Waals surface area contributed by atoms with Crippen molar-refractivity contribution in [3.63, 3.8) is 0 Å². The number of nitrogens with one attached hydrogen (secondary N) is 1. The van der Waals surface area contributed by atoms with Crippen molar-refractivity contribution < 1.29 is 4.74 Å². The molecule has 1 aromatic carbocycles. The fourth-order valence-corrected chi connectivity index (χ4v) is 2.84. The van der Waals surface area contributed by atoms with Crippen LogP contribution < -0.4 is 10.1 Å². The van der Waals surface area contributed by atoms with Crippen LogP contribution in [-0.2, 0) is 6.42 Å². The van der Waals surface area contributed by atoms with E-state index in [-0.39, 0.29) is 5.54 Å². The van der Waals surface area contributed by atoms with Crippen LogP contribution in [0, 0.1) is 0 Å². The Labute approximate surface area is 110 Å². The summed E-state index contributed by atoms with van der Waals surface area (Å²) in [6, 6.07) is 8.45. The molecule has 0 aromatic heterocycles. The second kappa shape index (κ2) is 5.72. The molecule has 1 N–H and O–H groups in total. The highest BCUT2D eigenvalue weighted by atomic mass is 16.5. The molecule has 1 aliphatic heterocycles. The van der Waals surface area contributed by atoms with Gasteiger partial charge in [-0.1, -0.05) is 12.1 Å². The van der Waals surface area contributed by atoms with E-state index in [1.54, 1.807) is 7.11 Å². The molecule has 1 saturated heterocycles. The molecule has 2 rings (SSSR count). The normalized spacial score (nSPS) is 18.9. The van der Waals surface area contributed by atoms with Gasteiger partial charge in [0.2, 0.25) is 0 Å². The van der Waals surface area contributed by atoms with Crippen LogP contribution in [-0.4, -0.2) is 44.7 Å². The predicted octanol–water partition coefficient (Wildman–Crippen LogP) is 1.92. The third-order valence-electron chi connectivity index (χ3n) is 4.15. The van der Waals surface area contributed by atoms with Crippen molar-refractivity contribution in [3.05, 3.63) is 29.8 Å². The summed E-state index contributed by atoms with van der Waals surface area (Å²) >= 11 is 0. The summed E-state index contributed by atoms with van der Waals surface area (Å²) in [5, 5.41) is 3.45. The topological polar surface area (TPSA) is 24.5 Å². The fraction of sp³-hybridized carbons (Fsp3) is 0.600. The van der Waals surface area contributed by atoms with E-state index < -0.39 is 0 Å². The number of rotatable bonds is 4. The highest BCUT2D eigenvalue weighted by molar-refractivity contribution is 5.29. The van der Waals surface area contributed by atoms with Crippen molar-refractivity contribution in [2.45, 2.75) is 24.8 Å². The minimum atomic E-state index is 0.289. The fourth-order valence-electron chi connectivity index (χ4n) is 2.84. The Morgan fingerprint density at radius 1 is 1.28 bits per heavy atom. The van der Waals surface area contributed by atoms with Crippen LogP contribution in [0.2, 0.25) is 0 Å². The van der Waals surface area contributed by atoms with Gasteiger partial charge in [0, 0.05) is 5.54 Å². The standard InChI is InChI=1S/C15H24N2O/c1-17(2)15(7-9-16-10-8-15)12-13-5-4-6-14(11-13)18-3/h4-6,11,16H,7-10,12H2,1-3H3. The van der Waals surface area contributed by atoms with E-state index >= 15 is 0 Å². The summed E-state index contributed by atoms with van der Waals surface area (Å²) in [4.78, 5) is 2.40. The number of methoxy groups -OCH3 is 1.